The van der Waals surface area contributed by atoms with E-state index in [9.17, 15) is 18.0 Å². The average molecular weight is 398 g/mol. The van der Waals surface area contributed by atoms with Crippen LogP contribution in [-0.4, -0.2) is 13.1 Å². The fraction of sp³-hybridized carbons (Fsp3) is 0.118. The topological polar surface area (TPSA) is 52.3 Å². The molecule has 0 spiro atoms. The molecule has 0 amide bonds. The second-order valence-electron chi connectivity index (χ2n) is 4.77. The third-order valence-corrected chi connectivity index (χ3v) is 3.50. The average Bonchev–Trinajstić information content (AvgIpc) is 2.51. The van der Waals surface area contributed by atoms with Crippen molar-refractivity contribution in [2.75, 3.05) is 12.8 Å². The Morgan fingerprint density at radius 1 is 1.17 bits per heavy atom. The first-order valence-electron chi connectivity index (χ1n) is 6.58. The predicted octanol–water partition coefficient (Wildman–Crippen LogP) is 4.24. The minimum atomic E-state index is -4.46. The summed E-state index contributed by atoms with van der Waals surface area (Å²) in [5.41, 5.74) is 5.78. The van der Waals surface area contributed by atoms with E-state index in [0.29, 0.717) is 15.6 Å². The van der Waals surface area contributed by atoms with Crippen LogP contribution in [0.1, 0.15) is 27.0 Å². The van der Waals surface area contributed by atoms with E-state index < -0.39 is 17.7 Å². The highest BCUT2D eigenvalue weighted by atomic mass is 79.9. The molecule has 0 aromatic heterocycles. The number of benzene rings is 2. The summed E-state index contributed by atoms with van der Waals surface area (Å²) in [6.07, 6.45) is -4.46. The molecule has 0 atom stereocenters. The fourth-order valence-electron chi connectivity index (χ4n) is 1.89. The van der Waals surface area contributed by atoms with Crippen molar-refractivity contribution >= 4 is 27.6 Å². The van der Waals surface area contributed by atoms with Crippen molar-refractivity contribution in [2.45, 2.75) is 6.18 Å². The number of nitrogen functional groups attached to an aromatic ring is 1. The lowest BCUT2D eigenvalue weighted by Crippen LogP contribution is -2.06. The summed E-state index contributed by atoms with van der Waals surface area (Å²) in [4.78, 5) is 11.6. The van der Waals surface area contributed by atoms with Crippen LogP contribution in [0.4, 0.5) is 18.9 Å². The van der Waals surface area contributed by atoms with Crippen molar-refractivity contribution in [1.82, 2.24) is 0 Å². The van der Waals surface area contributed by atoms with E-state index in [-0.39, 0.29) is 11.3 Å². The lowest BCUT2D eigenvalue weighted by atomic mass is 10.1. The largest absolute Gasteiger partial charge is 0.465 e. The van der Waals surface area contributed by atoms with E-state index >= 15 is 0 Å². The van der Waals surface area contributed by atoms with Gasteiger partial charge in [-0.15, -0.1) is 0 Å². The molecule has 2 aromatic carbocycles. The van der Waals surface area contributed by atoms with E-state index in [1.165, 1.54) is 19.2 Å². The molecule has 0 aliphatic rings. The smallest absolute Gasteiger partial charge is 0.416 e. The second-order valence-corrected chi connectivity index (χ2v) is 5.69. The van der Waals surface area contributed by atoms with Crippen LogP contribution in [0.3, 0.4) is 0 Å². The van der Waals surface area contributed by atoms with Crippen molar-refractivity contribution in [3.63, 3.8) is 0 Å². The zero-order valence-corrected chi connectivity index (χ0v) is 14.0. The Morgan fingerprint density at radius 2 is 1.88 bits per heavy atom. The zero-order chi connectivity index (χ0) is 17.9. The van der Waals surface area contributed by atoms with Crippen molar-refractivity contribution in [3.8, 4) is 11.8 Å². The molecule has 0 unspecified atom stereocenters. The number of halogens is 4. The van der Waals surface area contributed by atoms with Gasteiger partial charge in [0, 0.05) is 21.3 Å². The Labute approximate surface area is 144 Å². The maximum absolute atomic E-state index is 12.6. The number of carbonyl (C=O) groups is 1. The molecule has 124 valence electrons. The van der Waals surface area contributed by atoms with Crippen molar-refractivity contribution < 1.29 is 22.7 Å². The molecule has 0 saturated carbocycles. The van der Waals surface area contributed by atoms with Gasteiger partial charge in [0.2, 0.25) is 0 Å². The van der Waals surface area contributed by atoms with E-state index in [1.54, 1.807) is 12.1 Å². The lowest BCUT2D eigenvalue weighted by molar-refractivity contribution is -0.137. The SMILES string of the molecule is COC(=O)c1cc(Br)cc(C#Cc2ccc(C(F)(F)F)cc2N)c1. The van der Waals surface area contributed by atoms with E-state index in [1.807, 2.05) is 0 Å². The Balaban J connectivity index is 2.37. The molecule has 0 aliphatic carbocycles. The number of hydrogen-bond donors (Lipinski definition) is 1. The Bertz CT molecular complexity index is 851. The number of esters is 1. The first-order valence-corrected chi connectivity index (χ1v) is 7.37. The van der Waals surface area contributed by atoms with Crippen LogP contribution >= 0.6 is 15.9 Å². The zero-order valence-electron chi connectivity index (χ0n) is 12.4. The molecule has 0 heterocycles. The van der Waals surface area contributed by atoms with Crippen LogP contribution in [0, 0.1) is 11.8 Å². The summed E-state index contributed by atoms with van der Waals surface area (Å²) in [5, 5.41) is 0. The van der Waals surface area contributed by atoms with E-state index in [4.69, 9.17) is 5.73 Å². The lowest BCUT2D eigenvalue weighted by Gasteiger charge is -2.07. The molecule has 0 fully saturated rings. The van der Waals surface area contributed by atoms with Gasteiger partial charge < -0.3 is 10.5 Å². The van der Waals surface area contributed by atoms with Crippen LogP contribution in [-0.2, 0) is 10.9 Å². The minimum Gasteiger partial charge on any atom is -0.465 e. The molecule has 7 heteroatoms. The third kappa shape index (κ3) is 4.30. The van der Waals surface area contributed by atoms with Crippen LogP contribution < -0.4 is 5.73 Å². The number of hydrogen-bond acceptors (Lipinski definition) is 3. The van der Waals surface area contributed by atoms with E-state index in [0.717, 1.165) is 12.1 Å². The van der Waals surface area contributed by atoms with Gasteiger partial charge in [-0.1, -0.05) is 27.8 Å². The number of anilines is 1. The minimum absolute atomic E-state index is 0.0690. The molecular weight excluding hydrogens is 387 g/mol. The van der Waals surface area contributed by atoms with Gasteiger partial charge in [-0.2, -0.15) is 13.2 Å². The number of methoxy groups -OCH3 is 1. The normalized spacial score (nSPS) is 10.7. The summed E-state index contributed by atoms with van der Waals surface area (Å²) in [6.45, 7) is 0. The molecular formula is C17H11BrF3NO2. The monoisotopic (exact) mass is 397 g/mol. The number of rotatable bonds is 1. The van der Waals surface area contributed by atoms with Crippen LogP contribution in [0.5, 0.6) is 0 Å². The maximum atomic E-state index is 12.6. The van der Waals surface area contributed by atoms with Gasteiger partial charge in [-0.25, -0.2) is 4.79 Å². The molecule has 2 aromatic rings. The van der Waals surface area contributed by atoms with Crippen LogP contribution in [0.25, 0.3) is 0 Å². The highest BCUT2D eigenvalue weighted by molar-refractivity contribution is 9.10. The van der Waals surface area contributed by atoms with Crippen molar-refractivity contribution in [3.05, 3.63) is 63.1 Å². The molecule has 3 nitrogen and oxygen atoms in total. The number of carbonyl (C=O) groups excluding carboxylic acids is 1. The Kier molecular flexibility index (Phi) is 5.20. The number of alkyl halides is 3. The second kappa shape index (κ2) is 6.97. The summed E-state index contributed by atoms with van der Waals surface area (Å²) in [7, 11) is 1.26. The molecule has 24 heavy (non-hydrogen) atoms. The standard InChI is InChI=1S/C17H11BrF3NO2/c1-24-16(23)12-6-10(7-14(18)8-12)2-3-11-4-5-13(9-15(11)22)17(19,20)21/h4-9H,22H2,1H3. The number of ether oxygens (including phenoxy) is 1. The maximum Gasteiger partial charge on any atom is 0.416 e. The van der Waals surface area contributed by atoms with Gasteiger partial charge >= 0.3 is 12.1 Å². The molecule has 2 N–H and O–H groups in total. The molecule has 2 rings (SSSR count). The summed E-state index contributed by atoms with van der Waals surface area (Å²) in [6, 6.07) is 7.73. The molecule has 0 radical (unpaired) electrons. The quantitative estimate of drug-likeness (QED) is 0.444. The first-order chi connectivity index (χ1) is 11.2. The van der Waals surface area contributed by atoms with Crippen molar-refractivity contribution in [2.24, 2.45) is 0 Å². The highest BCUT2D eigenvalue weighted by Gasteiger charge is 2.30. The Morgan fingerprint density at radius 3 is 2.46 bits per heavy atom. The van der Waals surface area contributed by atoms with Gasteiger partial charge in [0.15, 0.2) is 0 Å². The van der Waals surface area contributed by atoms with Gasteiger partial charge in [-0.3, -0.25) is 0 Å². The van der Waals surface area contributed by atoms with Crippen LogP contribution in [0.2, 0.25) is 0 Å². The molecule has 0 saturated heterocycles. The van der Waals surface area contributed by atoms with E-state index in [2.05, 4.69) is 32.5 Å². The summed E-state index contributed by atoms with van der Waals surface area (Å²) >= 11 is 3.26. The van der Waals surface area contributed by atoms with Gasteiger partial charge in [0.25, 0.3) is 0 Å². The fourth-order valence-corrected chi connectivity index (χ4v) is 2.38. The summed E-state index contributed by atoms with van der Waals surface area (Å²) < 4.78 is 43.1. The van der Waals surface area contributed by atoms with Gasteiger partial charge in [0.05, 0.1) is 18.2 Å². The van der Waals surface area contributed by atoms with Gasteiger partial charge in [-0.05, 0) is 36.4 Å². The van der Waals surface area contributed by atoms with Gasteiger partial charge in [0.1, 0.15) is 0 Å². The molecule has 0 bridgehead atoms. The summed E-state index contributed by atoms with van der Waals surface area (Å²) in [5.74, 6) is 4.96. The Hall–Kier alpha value is -2.46. The molecule has 0 aliphatic heterocycles. The third-order valence-electron chi connectivity index (χ3n) is 3.04. The van der Waals surface area contributed by atoms with Crippen molar-refractivity contribution in [1.29, 1.82) is 0 Å². The number of nitrogens with two attached hydrogens (primary N) is 1. The first kappa shape index (κ1) is 17.9. The van der Waals surface area contributed by atoms with Crippen LogP contribution in [0.15, 0.2) is 40.9 Å². The predicted molar refractivity (Wildman–Crippen MR) is 87.3 cm³/mol. The highest BCUT2D eigenvalue weighted by Crippen LogP contribution is 2.31.